The number of aryl methyl sites for hydroxylation is 3. The van der Waals surface area contributed by atoms with E-state index in [-0.39, 0.29) is 47.8 Å². The molecule has 1 N–H and O–H groups in total. The summed E-state index contributed by atoms with van der Waals surface area (Å²) < 4.78 is 7.22. The first-order chi connectivity index (χ1) is 21.1. The molecule has 2 aliphatic heterocycles. The third-order valence-corrected chi connectivity index (χ3v) is 9.75. The molecule has 3 atom stereocenters. The zero-order valence-electron chi connectivity index (χ0n) is 26.1. The number of Topliss-reactive ketones (excluding diaryl/α,β-unsaturated/α-hetero) is 2. The second kappa shape index (κ2) is 11.8. The Kier molecular flexibility index (Phi) is 8.02. The number of nitrogens with one attached hydrogen (secondary N) is 1. The Balaban J connectivity index is 1.38. The Morgan fingerprint density at radius 1 is 1.07 bits per heavy atom. The van der Waals surface area contributed by atoms with Crippen molar-refractivity contribution in [1.29, 1.82) is 0 Å². The molecule has 3 aromatic rings. The van der Waals surface area contributed by atoms with Gasteiger partial charge < -0.3 is 15.0 Å². The van der Waals surface area contributed by atoms with Crippen LogP contribution in [0.1, 0.15) is 84.9 Å². The van der Waals surface area contributed by atoms with Crippen molar-refractivity contribution >= 4 is 34.3 Å². The number of rotatable bonds is 5. The number of ether oxygens (including phenoxy) is 1. The van der Waals surface area contributed by atoms with Gasteiger partial charge in [-0.1, -0.05) is 18.9 Å². The van der Waals surface area contributed by atoms with Gasteiger partial charge in [-0.2, -0.15) is 5.10 Å². The van der Waals surface area contributed by atoms with Gasteiger partial charge in [-0.3, -0.25) is 28.8 Å². The second-order valence-corrected chi connectivity index (χ2v) is 12.9. The van der Waals surface area contributed by atoms with Gasteiger partial charge in [0.2, 0.25) is 11.8 Å². The Morgan fingerprint density at radius 2 is 1.84 bits per heavy atom. The van der Waals surface area contributed by atoms with Crippen molar-refractivity contribution < 1.29 is 23.9 Å². The van der Waals surface area contributed by atoms with E-state index in [1.165, 1.54) is 6.92 Å². The van der Waals surface area contributed by atoms with E-state index in [1.54, 1.807) is 16.7 Å². The average Bonchev–Trinajstić information content (AvgIpc) is 3.40. The molecule has 1 aromatic carbocycles. The Hall–Kier alpha value is -4.08. The fourth-order valence-electron chi connectivity index (χ4n) is 7.25. The van der Waals surface area contributed by atoms with Gasteiger partial charge in [-0.05, 0) is 75.3 Å². The molecule has 232 valence electrons. The molecule has 2 fully saturated rings. The van der Waals surface area contributed by atoms with E-state index >= 15 is 0 Å². The Bertz CT molecular complexity index is 1660. The van der Waals surface area contributed by atoms with Crippen molar-refractivity contribution in [2.45, 2.75) is 97.2 Å². The number of ketones is 2. The summed E-state index contributed by atoms with van der Waals surface area (Å²) in [6.45, 7) is 5.69. The number of pyridine rings is 1. The maximum Gasteiger partial charge on any atom is 0.245 e. The minimum absolute atomic E-state index is 0.0213. The van der Waals surface area contributed by atoms with E-state index in [0.29, 0.717) is 36.2 Å². The Labute approximate surface area is 257 Å². The maximum absolute atomic E-state index is 14.3. The predicted octanol–water partition coefficient (Wildman–Crippen LogP) is 4.05. The minimum atomic E-state index is -0.618. The zero-order chi connectivity index (χ0) is 31.2. The highest BCUT2D eigenvalue weighted by atomic mass is 16.5. The first kappa shape index (κ1) is 30.0. The second-order valence-electron chi connectivity index (χ2n) is 12.9. The maximum atomic E-state index is 14.3. The molecule has 1 saturated carbocycles. The number of carbonyl (C=O) groups excluding carboxylic acids is 4. The largest absolute Gasteiger partial charge is 0.497 e. The number of hydrogen-bond donors (Lipinski definition) is 1. The van der Waals surface area contributed by atoms with Crippen LogP contribution in [0, 0.1) is 19.3 Å². The van der Waals surface area contributed by atoms with Crippen molar-refractivity contribution in [3.8, 4) is 5.75 Å². The van der Waals surface area contributed by atoms with E-state index in [0.717, 1.165) is 66.6 Å². The van der Waals surface area contributed by atoms with Crippen LogP contribution in [0.25, 0.3) is 10.9 Å². The van der Waals surface area contributed by atoms with Crippen LogP contribution in [0.15, 0.2) is 24.3 Å². The molecule has 1 saturated heterocycles. The quantitative estimate of drug-likeness (QED) is 0.439. The lowest BCUT2D eigenvalue weighted by molar-refractivity contribution is -0.139. The number of benzene rings is 1. The summed E-state index contributed by atoms with van der Waals surface area (Å²) in [4.78, 5) is 60.0. The molecule has 44 heavy (non-hydrogen) atoms. The SMILES string of the molecule is COc1cc2c3c(c1)c(C(C)=O)nn3CC(=O)N1[C@H](C(=O)Cc3nc(C)ccc3C)C[C@@]3(CNC(=O)CCCCCC2)C[C@@H]13. The van der Waals surface area contributed by atoms with Gasteiger partial charge >= 0.3 is 0 Å². The van der Waals surface area contributed by atoms with Crippen LogP contribution in [-0.2, 0) is 33.8 Å². The van der Waals surface area contributed by atoms with Crippen molar-refractivity contribution in [2.75, 3.05) is 13.7 Å². The summed E-state index contributed by atoms with van der Waals surface area (Å²) in [5.41, 5.74) is 4.22. The highest BCUT2D eigenvalue weighted by Gasteiger charge is 2.66. The topological polar surface area (TPSA) is 123 Å². The lowest BCUT2D eigenvalue weighted by atomic mass is 9.94. The van der Waals surface area contributed by atoms with Crippen molar-refractivity contribution in [3.05, 3.63) is 52.5 Å². The number of hydrogen-bond acceptors (Lipinski definition) is 7. The van der Waals surface area contributed by atoms with Gasteiger partial charge in [-0.15, -0.1) is 0 Å². The molecule has 0 spiro atoms. The standard InChI is InChI=1S/C34H41N5O5/c1-20-11-12-21(2)36-26(20)15-28(41)27-16-34-17-29(34)39(27)31(43)18-38-33-23(9-7-5-6-8-10-30(42)35-19-34)13-24(44-4)14-25(33)32(37-38)22(3)40/h11-14,27,29H,5-10,15-19H2,1-4H3,(H,35,42)/t27-,29+,34-/m0/s1. The molecule has 1 aliphatic carbocycles. The minimum Gasteiger partial charge on any atom is -0.497 e. The molecular weight excluding hydrogens is 558 g/mol. The van der Waals surface area contributed by atoms with Gasteiger partial charge in [0.1, 0.15) is 18.0 Å². The fourth-order valence-corrected chi connectivity index (χ4v) is 7.25. The van der Waals surface area contributed by atoms with Gasteiger partial charge in [0.15, 0.2) is 11.6 Å². The van der Waals surface area contributed by atoms with Crippen LogP contribution in [0.2, 0.25) is 0 Å². The molecule has 2 bridgehead atoms. The van der Waals surface area contributed by atoms with Gasteiger partial charge in [0, 0.05) is 42.4 Å². The summed E-state index contributed by atoms with van der Waals surface area (Å²) in [5.74, 6) is 0.213. The van der Waals surface area contributed by atoms with Crippen molar-refractivity contribution in [1.82, 2.24) is 25.0 Å². The molecule has 2 aromatic heterocycles. The Morgan fingerprint density at radius 3 is 2.59 bits per heavy atom. The van der Waals surface area contributed by atoms with E-state index in [9.17, 15) is 19.2 Å². The molecule has 0 radical (unpaired) electrons. The van der Waals surface area contributed by atoms with Crippen LogP contribution in [-0.4, -0.2) is 68.8 Å². The van der Waals surface area contributed by atoms with Gasteiger partial charge in [0.25, 0.3) is 0 Å². The van der Waals surface area contributed by atoms with E-state index in [4.69, 9.17) is 4.74 Å². The molecular formula is C34H41N5O5. The third-order valence-electron chi connectivity index (χ3n) is 9.75. The van der Waals surface area contributed by atoms with Crippen LogP contribution < -0.4 is 10.1 Å². The van der Waals surface area contributed by atoms with E-state index in [2.05, 4.69) is 15.4 Å². The van der Waals surface area contributed by atoms with Crippen molar-refractivity contribution in [2.24, 2.45) is 5.41 Å². The number of piperidine rings is 1. The lowest BCUT2D eigenvalue weighted by Crippen LogP contribution is -2.45. The van der Waals surface area contributed by atoms with E-state index < -0.39 is 6.04 Å². The smallest absolute Gasteiger partial charge is 0.245 e. The number of nitrogens with zero attached hydrogens (tertiary/aromatic N) is 4. The average molecular weight is 600 g/mol. The summed E-state index contributed by atoms with van der Waals surface area (Å²) in [7, 11) is 1.60. The van der Waals surface area contributed by atoms with Crippen LogP contribution in [0.3, 0.4) is 0 Å². The molecule has 3 aliphatic rings. The first-order valence-electron chi connectivity index (χ1n) is 15.7. The number of aromatic nitrogens is 3. The summed E-state index contributed by atoms with van der Waals surface area (Å²) >= 11 is 0. The number of carbonyl (C=O) groups is 4. The van der Waals surface area contributed by atoms with Gasteiger partial charge in [0.05, 0.1) is 30.8 Å². The van der Waals surface area contributed by atoms with Crippen molar-refractivity contribution in [3.63, 3.8) is 0 Å². The highest BCUT2D eigenvalue weighted by molar-refractivity contribution is 6.06. The normalized spacial score (nSPS) is 24.0. The third kappa shape index (κ3) is 5.62. The lowest BCUT2D eigenvalue weighted by Gasteiger charge is -2.27. The summed E-state index contributed by atoms with van der Waals surface area (Å²) in [5, 5.41) is 8.45. The summed E-state index contributed by atoms with van der Waals surface area (Å²) in [6, 6.07) is 6.91. The monoisotopic (exact) mass is 599 g/mol. The molecule has 4 heterocycles. The van der Waals surface area contributed by atoms with E-state index in [1.807, 2.05) is 38.1 Å². The molecule has 10 nitrogen and oxygen atoms in total. The predicted molar refractivity (Wildman–Crippen MR) is 165 cm³/mol. The van der Waals surface area contributed by atoms with Crippen LogP contribution >= 0.6 is 0 Å². The fraction of sp³-hybridized carbons (Fsp3) is 0.529. The first-order valence-corrected chi connectivity index (χ1v) is 15.7. The van der Waals surface area contributed by atoms with Crippen LogP contribution in [0.5, 0.6) is 5.75 Å². The van der Waals surface area contributed by atoms with Crippen LogP contribution in [0.4, 0.5) is 0 Å². The zero-order valence-corrected chi connectivity index (χ0v) is 26.1. The number of methoxy groups -OCH3 is 1. The number of amides is 2. The molecule has 6 rings (SSSR count). The highest BCUT2D eigenvalue weighted by Crippen LogP contribution is 2.59. The molecule has 10 heteroatoms. The summed E-state index contributed by atoms with van der Waals surface area (Å²) in [6.07, 6.45) is 6.15. The molecule has 2 amide bonds. The molecule has 0 unspecified atom stereocenters. The van der Waals surface area contributed by atoms with Gasteiger partial charge in [-0.25, -0.2) is 0 Å².